The molecule has 1 rings (SSSR count). The Bertz CT molecular complexity index is 330. The molecule has 0 aromatic heterocycles. The minimum absolute atomic E-state index is 0.0130. The van der Waals surface area contributed by atoms with Gasteiger partial charge in [-0.25, -0.2) is 0 Å². The third kappa shape index (κ3) is 5.32. The molecule has 1 aromatic carbocycles. The lowest BCUT2D eigenvalue weighted by atomic mass is 10.2. The Hall–Kier alpha value is -1.61. The van der Waals surface area contributed by atoms with Crippen molar-refractivity contribution in [2.24, 2.45) is 0 Å². The minimum Gasteiger partial charge on any atom is -0.461 e. The molecule has 0 amide bonds. The SMILES string of the molecule is O=C(CC/C=C\CO)OCc1ccccc1. The predicted octanol–water partition coefficient (Wildman–Crippen LogP) is 2.06. The smallest absolute Gasteiger partial charge is 0.306 e. The number of carbonyl (C=O) groups is 1. The topological polar surface area (TPSA) is 46.5 Å². The molecule has 16 heavy (non-hydrogen) atoms. The number of esters is 1. The Morgan fingerprint density at radius 3 is 2.69 bits per heavy atom. The maximum absolute atomic E-state index is 11.3. The van der Waals surface area contributed by atoms with Gasteiger partial charge in [0, 0.05) is 6.42 Å². The number of benzene rings is 1. The molecule has 0 aliphatic carbocycles. The molecule has 0 saturated carbocycles. The maximum atomic E-state index is 11.3. The zero-order valence-corrected chi connectivity index (χ0v) is 9.13. The molecule has 0 saturated heterocycles. The van der Waals surface area contributed by atoms with E-state index in [-0.39, 0.29) is 12.6 Å². The van der Waals surface area contributed by atoms with E-state index < -0.39 is 0 Å². The third-order valence-electron chi connectivity index (χ3n) is 2.03. The highest BCUT2D eigenvalue weighted by Crippen LogP contribution is 2.02. The van der Waals surface area contributed by atoms with Crippen LogP contribution >= 0.6 is 0 Å². The van der Waals surface area contributed by atoms with Gasteiger partial charge in [-0.15, -0.1) is 0 Å². The summed E-state index contributed by atoms with van der Waals surface area (Å²) in [6.07, 6.45) is 4.34. The largest absolute Gasteiger partial charge is 0.461 e. The molecule has 0 heterocycles. The molecule has 0 radical (unpaired) electrons. The van der Waals surface area contributed by atoms with E-state index in [9.17, 15) is 4.79 Å². The predicted molar refractivity (Wildman–Crippen MR) is 61.7 cm³/mol. The summed E-state index contributed by atoms with van der Waals surface area (Å²) in [5.74, 6) is -0.216. The second kappa shape index (κ2) is 7.65. The van der Waals surface area contributed by atoms with E-state index in [1.807, 2.05) is 30.3 Å². The van der Waals surface area contributed by atoms with E-state index in [2.05, 4.69) is 0 Å². The van der Waals surface area contributed by atoms with Crippen molar-refractivity contribution in [1.29, 1.82) is 0 Å². The van der Waals surface area contributed by atoms with E-state index in [1.165, 1.54) is 0 Å². The Kier molecular flexibility index (Phi) is 5.96. The van der Waals surface area contributed by atoms with E-state index in [4.69, 9.17) is 9.84 Å². The van der Waals surface area contributed by atoms with Gasteiger partial charge in [-0.2, -0.15) is 0 Å². The van der Waals surface area contributed by atoms with Crippen molar-refractivity contribution >= 4 is 5.97 Å². The lowest BCUT2D eigenvalue weighted by Crippen LogP contribution is -2.03. The molecule has 0 aliphatic heterocycles. The summed E-state index contributed by atoms with van der Waals surface area (Å²) in [6, 6.07) is 9.57. The first-order valence-corrected chi connectivity index (χ1v) is 5.28. The highest BCUT2D eigenvalue weighted by molar-refractivity contribution is 5.69. The quantitative estimate of drug-likeness (QED) is 0.589. The lowest BCUT2D eigenvalue weighted by Gasteiger charge is -2.03. The van der Waals surface area contributed by atoms with E-state index in [0.29, 0.717) is 19.4 Å². The van der Waals surface area contributed by atoms with Gasteiger partial charge in [0.25, 0.3) is 0 Å². The van der Waals surface area contributed by atoms with Gasteiger partial charge >= 0.3 is 5.97 Å². The van der Waals surface area contributed by atoms with Crippen molar-refractivity contribution in [3.63, 3.8) is 0 Å². The van der Waals surface area contributed by atoms with Crippen LogP contribution in [0.3, 0.4) is 0 Å². The molecule has 0 fully saturated rings. The molecule has 1 N–H and O–H groups in total. The summed E-state index contributed by atoms with van der Waals surface area (Å²) in [6.45, 7) is 0.336. The van der Waals surface area contributed by atoms with Crippen LogP contribution in [-0.2, 0) is 16.1 Å². The zero-order valence-electron chi connectivity index (χ0n) is 9.13. The summed E-state index contributed by atoms with van der Waals surface area (Å²) in [5.41, 5.74) is 0.988. The Morgan fingerprint density at radius 2 is 2.00 bits per heavy atom. The van der Waals surface area contributed by atoms with Crippen LogP contribution in [0.1, 0.15) is 18.4 Å². The summed E-state index contributed by atoms with van der Waals surface area (Å²) in [4.78, 5) is 11.3. The van der Waals surface area contributed by atoms with E-state index in [1.54, 1.807) is 12.2 Å². The Labute approximate surface area is 95.4 Å². The molecular weight excluding hydrogens is 204 g/mol. The summed E-state index contributed by atoms with van der Waals surface area (Å²) in [7, 11) is 0. The van der Waals surface area contributed by atoms with Crippen molar-refractivity contribution in [3.8, 4) is 0 Å². The van der Waals surface area contributed by atoms with Crippen LogP contribution in [0.15, 0.2) is 42.5 Å². The van der Waals surface area contributed by atoms with Gasteiger partial charge in [0.1, 0.15) is 6.61 Å². The molecule has 3 heteroatoms. The number of aliphatic hydroxyl groups excluding tert-OH is 1. The first-order valence-electron chi connectivity index (χ1n) is 5.28. The fourth-order valence-corrected chi connectivity index (χ4v) is 1.20. The van der Waals surface area contributed by atoms with Crippen molar-refractivity contribution < 1.29 is 14.6 Å². The van der Waals surface area contributed by atoms with Crippen molar-refractivity contribution in [3.05, 3.63) is 48.0 Å². The molecule has 0 unspecified atom stereocenters. The number of aliphatic hydroxyl groups is 1. The summed E-state index contributed by atoms with van der Waals surface area (Å²) < 4.78 is 5.07. The van der Waals surface area contributed by atoms with Gasteiger partial charge < -0.3 is 9.84 Å². The van der Waals surface area contributed by atoms with Crippen molar-refractivity contribution in [2.45, 2.75) is 19.4 Å². The number of hydrogen-bond acceptors (Lipinski definition) is 3. The van der Waals surface area contributed by atoms with Crippen molar-refractivity contribution in [2.75, 3.05) is 6.61 Å². The number of carbonyl (C=O) groups excluding carboxylic acids is 1. The lowest BCUT2D eigenvalue weighted by molar-refractivity contribution is -0.144. The molecule has 0 spiro atoms. The summed E-state index contributed by atoms with van der Waals surface area (Å²) >= 11 is 0. The van der Waals surface area contributed by atoms with Crippen LogP contribution in [0.5, 0.6) is 0 Å². The van der Waals surface area contributed by atoms with Crippen LogP contribution in [0.4, 0.5) is 0 Å². The van der Waals surface area contributed by atoms with Gasteiger partial charge in [-0.1, -0.05) is 42.5 Å². The highest BCUT2D eigenvalue weighted by Gasteiger charge is 2.01. The van der Waals surface area contributed by atoms with Crippen molar-refractivity contribution in [1.82, 2.24) is 0 Å². The van der Waals surface area contributed by atoms with Crippen LogP contribution in [0.2, 0.25) is 0 Å². The van der Waals surface area contributed by atoms with E-state index in [0.717, 1.165) is 5.56 Å². The van der Waals surface area contributed by atoms with Crippen LogP contribution in [0, 0.1) is 0 Å². The summed E-state index contributed by atoms with van der Waals surface area (Å²) in [5, 5.41) is 8.48. The second-order valence-electron chi connectivity index (χ2n) is 3.34. The Morgan fingerprint density at radius 1 is 1.25 bits per heavy atom. The molecule has 1 aromatic rings. The van der Waals surface area contributed by atoms with Gasteiger partial charge in [0.15, 0.2) is 0 Å². The van der Waals surface area contributed by atoms with Crippen LogP contribution in [0.25, 0.3) is 0 Å². The van der Waals surface area contributed by atoms with Crippen LogP contribution < -0.4 is 0 Å². The molecule has 86 valence electrons. The number of ether oxygens (including phenoxy) is 1. The maximum Gasteiger partial charge on any atom is 0.306 e. The number of allylic oxidation sites excluding steroid dienone is 1. The molecule has 3 nitrogen and oxygen atoms in total. The average Bonchev–Trinajstić information content (AvgIpc) is 2.33. The monoisotopic (exact) mass is 220 g/mol. The van der Waals surface area contributed by atoms with E-state index >= 15 is 0 Å². The fraction of sp³-hybridized carbons (Fsp3) is 0.308. The number of rotatable bonds is 6. The molecule has 0 atom stereocenters. The fourth-order valence-electron chi connectivity index (χ4n) is 1.20. The van der Waals surface area contributed by atoms with Gasteiger partial charge in [0.2, 0.25) is 0 Å². The van der Waals surface area contributed by atoms with Gasteiger partial charge in [-0.3, -0.25) is 4.79 Å². The third-order valence-corrected chi connectivity index (χ3v) is 2.03. The molecular formula is C13H16O3. The standard InChI is InChI=1S/C13H16O3/c14-10-6-2-5-9-13(15)16-11-12-7-3-1-4-8-12/h1-4,6-8,14H,5,9-11H2/b6-2-. The molecule has 0 aliphatic rings. The first kappa shape index (κ1) is 12.5. The van der Waals surface area contributed by atoms with Gasteiger partial charge in [-0.05, 0) is 12.0 Å². The van der Waals surface area contributed by atoms with Gasteiger partial charge in [0.05, 0.1) is 6.61 Å². The zero-order chi connectivity index (χ0) is 11.6. The Balaban J connectivity index is 2.18. The normalized spacial score (nSPS) is 10.6. The average molecular weight is 220 g/mol. The molecule has 0 bridgehead atoms. The second-order valence-corrected chi connectivity index (χ2v) is 3.34. The minimum atomic E-state index is -0.216. The van der Waals surface area contributed by atoms with Crippen LogP contribution in [-0.4, -0.2) is 17.7 Å². The number of hydrogen-bond donors (Lipinski definition) is 1. The first-order chi connectivity index (χ1) is 7.83. The highest BCUT2D eigenvalue weighted by atomic mass is 16.5.